The Hall–Kier alpha value is -1.36. The summed E-state index contributed by atoms with van der Waals surface area (Å²) in [4.78, 5) is 4.19. The van der Waals surface area contributed by atoms with Gasteiger partial charge in [-0.25, -0.2) is 0 Å². The second-order valence-corrected chi connectivity index (χ2v) is 4.40. The molecular weight excluding hydrogens is 208 g/mol. The minimum atomic E-state index is 0.0187. The molecule has 0 amide bonds. The average Bonchev–Trinajstić information content (AvgIpc) is 2.56. The molecule has 1 aliphatic heterocycles. The number of thioether (sulfide) groups is 1. The van der Waals surface area contributed by atoms with Gasteiger partial charge in [0.15, 0.2) is 5.17 Å². The Kier molecular flexibility index (Phi) is 3.01. The minimum absolute atomic E-state index is 0.0187. The average molecular weight is 220 g/mol. The van der Waals surface area contributed by atoms with Crippen molar-refractivity contribution in [2.24, 2.45) is 21.0 Å². The summed E-state index contributed by atoms with van der Waals surface area (Å²) in [5, 5.41) is 8.98. The van der Waals surface area contributed by atoms with Crippen LogP contribution in [0.15, 0.2) is 45.6 Å². The summed E-state index contributed by atoms with van der Waals surface area (Å²) in [6, 6.07) is 9.76. The molecule has 78 valence electrons. The molecule has 0 bridgehead atoms. The van der Waals surface area contributed by atoms with Crippen LogP contribution in [0.5, 0.6) is 0 Å². The highest BCUT2D eigenvalue weighted by molar-refractivity contribution is 8.14. The third kappa shape index (κ3) is 2.56. The molecule has 1 aromatic rings. The Balaban J connectivity index is 2.02. The van der Waals surface area contributed by atoms with Gasteiger partial charge >= 0.3 is 0 Å². The third-order valence-corrected chi connectivity index (χ3v) is 3.10. The van der Waals surface area contributed by atoms with Gasteiger partial charge in [-0.2, -0.15) is 10.2 Å². The van der Waals surface area contributed by atoms with Crippen molar-refractivity contribution in [1.29, 1.82) is 0 Å². The molecule has 1 aromatic carbocycles. The van der Waals surface area contributed by atoms with Crippen LogP contribution in [0.2, 0.25) is 0 Å². The number of aliphatic imine (C=N–C) groups is 1. The van der Waals surface area contributed by atoms with Gasteiger partial charge in [0.25, 0.3) is 0 Å². The lowest BCUT2D eigenvalue weighted by atomic mass is 10.3. The normalized spacial score (nSPS) is 25.8. The van der Waals surface area contributed by atoms with Crippen LogP contribution in [-0.4, -0.2) is 16.6 Å². The maximum absolute atomic E-state index is 5.60. The van der Waals surface area contributed by atoms with Crippen molar-refractivity contribution in [3.05, 3.63) is 30.3 Å². The lowest BCUT2D eigenvalue weighted by Gasteiger charge is -2.04. The number of rotatable bonds is 2. The zero-order valence-electron chi connectivity index (χ0n) is 8.37. The van der Waals surface area contributed by atoms with E-state index in [-0.39, 0.29) is 11.4 Å². The van der Waals surface area contributed by atoms with Crippen LogP contribution >= 0.6 is 11.8 Å². The lowest BCUT2D eigenvalue weighted by Crippen LogP contribution is -2.09. The summed E-state index contributed by atoms with van der Waals surface area (Å²) in [7, 11) is 0. The van der Waals surface area contributed by atoms with Crippen molar-refractivity contribution < 1.29 is 0 Å². The Morgan fingerprint density at radius 2 is 2.07 bits per heavy atom. The molecule has 4 nitrogen and oxygen atoms in total. The summed E-state index contributed by atoms with van der Waals surface area (Å²) in [5.74, 6) is 0. The van der Waals surface area contributed by atoms with Gasteiger partial charge in [0.05, 0.1) is 11.7 Å². The number of hydrogen-bond acceptors (Lipinski definition) is 5. The molecule has 2 N–H and O–H groups in total. The molecule has 2 atom stereocenters. The Labute approximate surface area is 92.7 Å². The zero-order chi connectivity index (χ0) is 10.7. The molecule has 1 aliphatic rings. The quantitative estimate of drug-likeness (QED) is 0.778. The van der Waals surface area contributed by atoms with Crippen molar-refractivity contribution in [1.82, 2.24) is 0 Å². The van der Waals surface area contributed by atoms with Crippen LogP contribution in [0, 0.1) is 0 Å². The maximum Gasteiger partial charge on any atom is 0.156 e. The lowest BCUT2D eigenvalue weighted by molar-refractivity contribution is 0.703. The Morgan fingerprint density at radius 3 is 2.67 bits per heavy atom. The van der Waals surface area contributed by atoms with Crippen LogP contribution in [-0.2, 0) is 0 Å². The fourth-order valence-electron chi connectivity index (χ4n) is 1.26. The number of nitrogens with zero attached hydrogens (tertiary/aromatic N) is 3. The van der Waals surface area contributed by atoms with E-state index < -0.39 is 0 Å². The topological polar surface area (TPSA) is 63.1 Å². The smallest absolute Gasteiger partial charge is 0.156 e. The van der Waals surface area contributed by atoms with Crippen LogP contribution < -0.4 is 5.73 Å². The first-order chi connectivity index (χ1) is 7.25. The second kappa shape index (κ2) is 4.44. The first kappa shape index (κ1) is 10.2. The molecule has 0 spiro atoms. The van der Waals surface area contributed by atoms with E-state index in [1.165, 1.54) is 11.8 Å². The van der Waals surface area contributed by atoms with Crippen LogP contribution in [0.1, 0.15) is 6.92 Å². The summed E-state index contributed by atoms with van der Waals surface area (Å²) in [6.07, 6.45) is 0. The molecule has 5 heteroatoms. The highest BCUT2D eigenvalue weighted by atomic mass is 32.2. The number of amidine groups is 1. The molecule has 0 fully saturated rings. The van der Waals surface area contributed by atoms with Gasteiger partial charge < -0.3 is 5.73 Å². The maximum atomic E-state index is 5.60. The van der Waals surface area contributed by atoms with Crippen molar-refractivity contribution in [2.45, 2.75) is 18.3 Å². The van der Waals surface area contributed by atoms with Crippen LogP contribution in [0.3, 0.4) is 0 Å². The van der Waals surface area contributed by atoms with Gasteiger partial charge in [0.2, 0.25) is 0 Å². The van der Waals surface area contributed by atoms with Gasteiger partial charge in [-0.3, -0.25) is 4.99 Å². The molecular formula is C10H12N4S. The molecule has 2 rings (SSSR count). The van der Waals surface area contributed by atoms with Gasteiger partial charge in [0, 0.05) is 0 Å². The van der Waals surface area contributed by atoms with E-state index in [0.717, 1.165) is 5.69 Å². The van der Waals surface area contributed by atoms with E-state index in [1.807, 2.05) is 37.3 Å². The number of azo groups is 1. The molecule has 2 unspecified atom stereocenters. The SMILES string of the molecule is CC1N=C(N)SC1N=Nc1ccccc1. The number of hydrogen-bond donors (Lipinski definition) is 1. The summed E-state index contributed by atoms with van der Waals surface area (Å²) in [6.45, 7) is 1.99. The predicted octanol–water partition coefficient (Wildman–Crippen LogP) is 2.55. The van der Waals surface area contributed by atoms with E-state index in [0.29, 0.717) is 5.17 Å². The second-order valence-electron chi connectivity index (χ2n) is 3.27. The first-order valence-corrected chi connectivity index (χ1v) is 5.59. The fourth-order valence-corrected chi connectivity index (χ4v) is 2.08. The highest BCUT2D eigenvalue weighted by Gasteiger charge is 2.24. The van der Waals surface area contributed by atoms with Crippen LogP contribution in [0.4, 0.5) is 5.69 Å². The fraction of sp³-hybridized carbons (Fsp3) is 0.300. The standard InChI is InChI=1S/C10H12N4S/c1-7-9(15-10(11)12-7)14-13-8-5-3-2-4-6-8/h2-7,9H,1H3,(H2,11,12). The van der Waals surface area contributed by atoms with E-state index in [4.69, 9.17) is 5.73 Å². The van der Waals surface area contributed by atoms with E-state index in [1.54, 1.807) is 0 Å². The number of nitrogens with two attached hydrogens (primary N) is 1. The first-order valence-electron chi connectivity index (χ1n) is 4.71. The van der Waals surface area contributed by atoms with E-state index >= 15 is 0 Å². The van der Waals surface area contributed by atoms with E-state index in [2.05, 4.69) is 15.2 Å². The van der Waals surface area contributed by atoms with Gasteiger partial charge in [-0.1, -0.05) is 30.0 Å². The Bertz CT molecular complexity index is 388. The molecule has 15 heavy (non-hydrogen) atoms. The molecule has 0 saturated heterocycles. The minimum Gasteiger partial charge on any atom is -0.378 e. The molecule has 0 radical (unpaired) electrons. The zero-order valence-corrected chi connectivity index (χ0v) is 9.19. The monoisotopic (exact) mass is 220 g/mol. The van der Waals surface area contributed by atoms with Gasteiger partial charge in [-0.15, -0.1) is 0 Å². The largest absolute Gasteiger partial charge is 0.378 e. The summed E-state index contributed by atoms with van der Waals surface area (Å²) in [5.41, 5.74) is 6.45. The molecule has 1 heterocycles. The molecule has 0 aromatic heterocycles. The van der Waals surface area contributed by atoms with Crippen molar-refractivity contribution >= 4 is 22.6 Å². The van der Waals surface area contributed by atoms with E-state index in [9.17, 15) is 0 Å². The predicted molar refractivity (Wildman–Crippen MR) is 63.4 cm³/mol. The van der Waals surface area contributed by atoms with Crippen molar-refractivity contribution in [3.8, 4) is 0 Å². The third-order valence-electron chi connectivity index (χ3n) is 2.03. The summed E-state index contributed by atoms with van der Waals surface area (Å²) < 4.78 is 0. The van der Waals surface area contributed by atoms with Gasteiger partial charge in [-0.05, 0) is 19.1 Å². The van der Waals surface area contributed by atoms with Crippen molar-refractivity contribution in [3.63, 3.8) is 0 Å². The molecule has 0 aliphatic carbocycles. The summed E-state index contributed by atoms with van der Waals surface area (Å²) >= 11 is 1.46. The Morgan fingerprint density at radius 1 is 1.33 bits per heavy atom. The number of benzene rings is 1. The van der Waals surface area contributed by atoms with Gasteiger partial charge in [0.1, 0.15) is 5.37 Å². The highest BCUT2D eigenvalue weighted by Crippen LogP contribution is 2.27. The van der Waals surface area contributed by atoms with Crippen LogP contribution in [0.25, 0.3) is 0 Å². The van der Waals surface area contributed by atoms with Crippen molar-refractivity contribution in [2.75, 3.05) is 0 Å². The molecule has 0 saturated carbocycles.